The van der Waals surface area contributed by atoms with Gasteiger partial charge >= 0.3 is 0 Å². The van der Waals surface area contributed by atoms with Crippen molar-refractivity contribution in [1.82, 2.24) is 5.32 Å². The number of sulfonamides is 1. The normalized spacial score (nSPS) is 12.1. The Morgan fingerprint density at radius 2 is 1.51 bits per heavy atom. The van der Waals surface area contributed by atoms with Gasteiger partial charge in [-0.2, -0.15) is 0 Å². The first kappa shape index (κ1) is 26.1. The van der Waals surface area contributed by atoms with Crippen LogP contribution in [0.25, 0.3) is 0 Å². The standard InChI is InChI=1S/C27H32N2O5S/c1-20(2)18-24(21-14-16-22(33-3)17-15-21)28-27(30)19-29(25-12-8-9-13-26(25)34-4)35(31,32)23-10-6-5-7-11-23/h5-17,20,24H,18-19H2,1-4H3,(H,28,30)/t24-/m0/s1. The van der Waals surface area contributed by atoms with Crippen LogP contribution in [0.1, 0.15) is 31.9 Å². The van der Waals surface area contributed by atoms with Crippen molar-refractivity contribution >= 4 is 21.6 Å². The summed E-state index contributed by atoms with van der Waals surface area (Å²) >= 11 is 0. The molecule has 0 radical (unpaired) electrons. The topological polar surface area (TPSA) is 84.9 Å². The van der Waals surface area contributed by atoms with Crippen LogP contribution in [-0.4, -0.2) is 35.1 Å². The molecule has 0 spiro atoms. The monoisotopic (exact) mass is 496 g/mol. The second kappa shape index (κ2) is 11.8. The molecule has 0 aliphatic heterocycles. The van der Waals surface area contributed by atoms with Crippen molar-refractivity contribution in [2.75, 3.05) is 25.1 Å². The largest absolute Gasteiger partial charge is 0.497 e. The molecule has 1 amide bonds. The molecule has 0 aromatic heterocycles. The maximum atomic E-state index is 13.6. The summed E-state index contributed by atoms with van der Waals surface area (Å²) in [5.74, 6) is 0.964. The van der Waals surface area contributed by atoms with Crippen LogP contribution in [0.4, 0.5) is 5.69 Å². The van der Waals surface area contributed by atoms with Crippen LogP contribution in [0.2, 0.25) is 0 Å². The molecule has 7 nitrogen and oxygen atoms in total. The van der Waals surface area contributed by atoms with Gasteiger partial charge in [-0.1, -0.05) is 56.3 Å². The fraction of sp³-hybridized carbons (Fsp3) is 0.296. The van der Waals surface area contributed by atoms with Gasteiger partial charge in [0, 0.05) is 0 Å². The predicted molar refractivity (Wildman–Crippen MR) is 137 cm³/mol. The van der Waals surface area contributed by atoms with Crippen molar-refractivity contribution < 1.29 is 22.7 Å². The van der Waals surface area contributed by atoms with E-state index in [1.807, 2.05) is 24.3 Å². The number of nitrogens with one attached hydrogen (secondary N) is 1. The van der Waals surface area contributed by atoms with Gasteiger partial charge < -0.3 is 14.8 Å². The number of carbonyl (C=O) groups is 1. The van der Waals surface area contributed by atoms with Crippen molar-refractivity contribution in [2.24, 2.45) is 5.92 Å². The number of rotatable bonds is 11. The van der Waals surface area contributed by atoms with E-state index in [2.05, 4.69) is 19.2 Å². The Kier molecular flexibility index (Phi) is 8.76. The Hall–Kier alpha value is -3.52. The van der Waals surface area contributed by atoms with Gasteiger partial charge in [0.05, 0.1) is 30.8 Å². The van der Waals surface area contributed by atoms with E-state index in [1.165, 1.54) is 19.2 Å². The van der Waals surface area contributed by atoms with E-state index < -0.39 is 22.5 Å². The van der Waals surface area contributed by atoms with Crippen molar-refractivity contribution in [1.29, 1.82) is 0 Å². The smallest absolute Gasteiger partial charge is 0.264 e. The zero-order valence-electron chi connectivity index (χ0n) is 20.5. The number of hydrogen-bond donors (Lipinski definition) is 1. The minimum Gasteiger partial charge on any atom is -0.497 e. The molecule has 0 unspecified atom stereocenters. The third-order valence-electron chi connectivity index (χ3n) is 5.53. The van der Waals surface area contributed by atoms with Crippen molar-refractivity contribution in [2.45, 2.75) is 31.2 Å². The van der Waals surface area contributed by atoms with Crippen LogP contribution in [0.5, 0.6) is 11.5 Å². The number of methoxy groups -OCH3 is 2. The highest BCUT2D eigenvalue weighted by atomic mass is 32.2. The molecule has 35 heavy (non-hydrogen) atoms. The van der Waals surface area contributed by atoms with Gasteiger partial charge in [0.1, 0.15) is 18.0 Å². The minimum absolute atomic E-state index is 0.0904. The van der Waals surface area contributed by atoms with E-state index >= 15 is 0 Å². The maximum absolute atomic E-state index is 13.6. The predicted octanol–water partition coefficient (Wildman–Crippen LogP) is 4.80. The zero-order valence-corrected chi connectivity index (χ0v) is 21.3. The first-order valence-corrected chi connectivity index (χ1v) is 12.8. The summed E-state index contributed by atoms with van der Waals surface area (Å²) < 4.78 is 39.0. The number of para-hydroxylation sites is 2. The molecule has 0 aliphatic rings. The molecule has 0 saturated carbocycles. The second-order valence-electron chi connectivity index (χ2n) is 8.52. The average Bonchev–Trinajstić information content (AvgIpc) is 2.87. The Labute approximate surface area is 207 Å². The molecule has 1 N–H and O–H groups in total. The van der Waals surface area contributed by atoms with E-state index in [1.54, 1.807) is 49.6 Å². The first-order valence-electron chi connectivity index (χ1n) is 11.4. The second-order valence-corrected chi connectivity index (χ2v) is 10.4. The van der Waals surface area contributed by atoms with Crippen LogP contribution in [0, 0.1) is 5.92 Å². The van der Waals surface area contributed by atoms with E-state index in [0.29, 0.717) is 23.8 Å². The molecule has 0 aliphatic carbocycles. The number of nitrogens with zero attached hydrogens (tertiary/aromatic N) is 1. The quantitative estimate of drug-likeness (QED) is 0.412. The molecule has 186 valence electrons. The van der Waals surface area contributed by atoms with Crippen LogP contribution >= 0.6 is 0 Å². The maximum Gasteiger partial charge on any atom is 0.264 e. The first-order chi connectivity index (χ1) is 16.8. The molecule has 3 aromatic carbocycles. The molecular formula is C27H32N2O5S. The third kappa shape index (κ3) is 6.54. The van der Waals surface area contributed by atoms with Crippen LogP contribution in [0.15, 0.2) is 83.8 Å². The minimum atomic E-state index is -4.04. The number of benzene rings is 3. The summed E-state index contributed by atoms with van der Waals surface area (Å²) in [7, 11) is -0.972. The molecule has 3 rings (SSSR count). The highest BCUT2D eigenvalue weighted by Gasteiger charge is 2.30. The number of hydrogen-bond acceptors (Lipinski definition) is 5. The fourth-order valence-corrected chi connectivity index (χ4v) is 5.26. The van der Waals surface area contributed by atoms with Gasteiger partial charge in [-0.05, 0) is 54.3 Å². The summed E-state index contributed by atoms with van der Waals surface area (Å²) in [5.41, 5.74) is 1.21. The summed E-state index contributed by atoms with van der Waals surface area (Å²) in [6.45, 7) is 3.75. The summed E-state index contributed by atoms with van der Waals surface area (Å²) in [6, 6.07) is 22.0. The molecule has 0 saturated heterocycles. The lowest BCUT2D eigenvalue weighted by Gasteiger charge is -2.27. The molecule has 0 bridgehead atoms. The van der Waals surface area contributed by atoms with Gasteiger partial charge in [-0.15, -0.1) is 0 Å². The van der Waals surface area contributed by atoms with Crippen molar-refractivity contribution in [3.8, 4) is 11.5 Å². The van der Waals surface area contributed by atoms with Crippen molar-refractivity contribution in [3.05, 3.63) is 84.4 Å². The number of carbonyl (C=O) groups excluding carboxylic acids is 1. The Morgan fingerprint density at radius 3 is 2.11 bits per heavy atom. The van der Waals surface area contributed by atoms with Gasteiger partial charge in [0.15, 0.2) is 0 Å². The molecular weight excluding hydrogens is 464 g/mol. The third-order valence-corrected chi connectivity index (χ3v) is 7.31. The molecule has 8 heteroatoms. The molecule has 3 aromatic rings. The highest BCUT2D eigenvalue weighted by molar-refractivity contribution is 7.92. The fourth-order valence-electron chi connectivity index (χ4n) is 3.81. The molecule has 0 fully saturated rings. The summed E-state index contributed by atoms with van der Waals surface area (Å²) in [4.78, 5) is 13.4. The Morgan fingerprint density at radius 1 is 0.886 bits per heavy atom. The molecule has 0 heterocycles. The van der Waals surface area contributed by atoms with Crippen LogP contribution < -0.4 is 19.1 Å². The molecule has 1 atom stereocenters. The SMILES string of the molecule is COc1ccc([C@H](CC(C)C)NC(=O)CN(c2ccccc2OC)S(=O)(=O)c2ccccc2)cc1. The average molecular weight is 497 g/mol. The van der Waals surface area contributed by atoms with E-state index in [4.69, 9.17) is 9.47 Å². The Bertz CT molecular complexity index is 1210. The summed E-state index contributed by atoms with van der Waals surface area (Å²) in [6.07, 6.45) is 0.693. The van der Waals surface area contributed by atoms with Crippen molar-refractivity contribution in [3.63, 3.8) is 0 Å². The lowest BCUT2D eigenvalue weighted by molar-refractivity contribution is -0.120. The van der Waals surface area contributed by atoms with E-state index in [0.717, 1.165) is 15.6 Å². The lowest BCUT2D eigenvalue weighted by atomic mass is 9.97. The zero-order chi connectivity index (χ0) is 25.4. The van der Waals surface area contributed by atoms with Gasteiger partial charge in [0.2, 0.25) is 5.91 Å². The van der Waals surface area contributed by atoms with E-state index in [-0.39, 0.29) is 10.9 Å². The lowest BCUT2D eigenvalue weighted by Crippen LogP contribution is -2.42. The number of anilines is 1. The van der Waals surface area contributed by atoms with Gasteiger partial charge in [-0.3, -0.25) is 9.10 Å². The number of amides is 1. The highest BCUT2D eigenvalue weighted by Crippen LogP contribution is 2.32. The Balaban J connectivity index is 1.94. The van der Waals surface area contributed by atoms with E-state index in [9.17, 15) is 13.2 Å². The van der Waals surface area contributed by atoms with Gasteiger partial charge in [-0.25, -0.2) is 8.42 Å². The van der Waals surface area contributed by atoms with Crippen LogP contribution in [0.3, 0.4) is 0 Å². The number of ether oxygens (including phenoxy) is 2. The van der Waals surface area contributed by atoms with Crippen LogP contribution in [-0.2, 0) is 14.8 Å². The summed E-state index contributed by atoms with van der Waals surface area (Å²) in [5, 5.41) is 3.04. The van der Waals surface area contributed by atoms with Gasteiger partial charge in [0.25, 0.3) is 10.0 Å².